The Bertz CT molecular complexity index is 1030. The van der Waals surface area contributed by atoms with Crippen LogP contribution in [0.5, 0.6) is 5.88 Å². The first-order valence-electron chi connectivity index (χ1n) is 9.80. The van der Waals surface area contributed by atoms with E-state index in [1.165, 1.54) is 29.8 Å². The molecular formula is C23H26FN3O. The van der Waals surface area contributed by atoms with Gasteiger partial charge in [0, 0.05) is 35.9 Å². The zero-order chi connectivity index (χ0) is 19.8. The van der Waals surface area contributed by atoms with Crippen LogP contribution < -0.4 is 4.90 Å². The molecule has 2 N–H and O–H groups in total. The van der Waals surface area contributed by atoms with E-state index in [0.29, 0.717) is 28.3 Å². The van der Waals surface area contributed by atoms with Crippen LogP contribution in [0.1, 0.15) is 31.4 Å². The number of piperidine rings is 1. The highest BCUT2D eigenvalue weighted by atomic mass is 19.1. The van der Waals surface area contributed by atoms with E-state index in [0.717, 1.165) is 18.8 Å². The molecule has 0 saturated carbocycles. The Morgan fingerprint density at radius 3 is 2.61 bits per heavy atom. The molecule has 1 aromatic heterocycles. The zero-order valence-electron chi connectivity index (χ0n) is 16.5. The molecule has 2 aromatic carbocycles. The molecule has 2 atom stereocenters. The fourth-order valence-corrected chi connectivity index (χ4v) is 4.37. The summed E-state index contributed by atoms with van der Waals surface area (Å²) in [4.78, 5) is 9.84. The van der Waals surface area contributed by atoms with Gasteiger partial charge in [0.1, 0.15) is 5.82 Å². The molecule has 2 heterocycles. The number of aromatic nitrogens is 1. The van der Waals surface area contributed by atoms with E-state index in [1.807, 2.05) is 6.07 Å². The van der Waals surface area contributed by atoms with Crippen molar-refractivity contribution in [2.24, 2.45) is 16.8 Å². The second kappa shape index (κ2) is 7.30. The predicted octanol–water partition coefficient (Wildman–Crippen LogP) is 5.55. The number of hydrogen-bond donors (Lipinski definition) is 2. The normalized spacial score (nSPS) is 20.4. The van der Waals surface area contributed by atoms with Gasteiger partial charge in [-0.1, -0.05) is 13.8 Å². The lowest BCUT2D eigenvalue weighted by atomic mass is 9.91. The number of aromatic hydroxyl groups is 1. The number of nitrogens with one attached hydrogen (secondary N) is 1. The maximum absolute atomic E-state index is 13.6. The fraction of sp³-hybridized carbons (Fsp3) is 0.348. The van der Waals surface area contributed by atoms with Crippen LogP contribution in [0.2, 0.25) is 0 Å². The minimum atomic E-state index is -0.341. The Hall–Kier alpha value is -2.82. The Labute approximate surface area is 164 Å². The first-order valence-corrected chi connectivity index (χ1v) is 9.80. The van der Waals surface area contributed by atoms with Crippen LogP contribution in [-0.2, 0) is 0 Å². The SMILES string of the molecule is Cc1cc(N=Cc2c(O)[nH]c3ccc(F)cc23)ccc1N1CC(C)CC(C)C1. The average Bonchev–Trinajstić information content (AvgIpc) is 2.93. The topological polar surface area (TPSA) is 51.6 Å². The minimum absolute atomic E-state index is 0.00557. The molecule has 1 saturated heterocycles. The number of H-pyrrole nitrogens is 1. The van der Waals surface area contributed by atoms with Crippen molar-refractivity contribution in [3.8, 4) is 5.88 Å². The summed E-state index contributed by atoms with van der Waals surface area (Å²) in [5.41, 5.74) is 4.43. The van der Waals surface area contributed by atoms with Crippen LogP contribution in [-0.4, -0.2) is 29.4 Å². The lowest BCUT2D eigenvalue weighted by molar-refractivity contribution is 0.356. The van der Waals surface area contributed by atoms with Crippen molar-refractivity contribution in [2.75, 3.05) is 18.0 Å². The van der Waals surface area contributed by atoms with Gasteiger partial charge in [-0.25, -0.2) is 4.39 Å². The summed E-state index contributed by atoms with van der Waals surface area (Å²) < 4.78 is 13.6. The molecule has 4 nitrogen and oxygen atoms in total. The van der Waals surface area contributed by atoms with Gasteiger partial charge >= 0.3 is 0 Å². The summed E-state index contributed by atoms with van der Waals surface area (Å²) in [6.45, 7) is 8.91. The molecule has 0 bridgehead atoms. The number of rotatable bonds is 3. The summed E-state index contributed by atoms with van der Waals surface area (Å²) >= 11 is 0. The van der Waals surface area contributed by atoms with Crippen molar-refractivity contribution in [1.29, 1.82) is 0 Å². The van der Waals surface area contributed by atoms with Crippen LogP contribution in [0.15, 0.2) is 41.4 Å². The fourth-order valence-electron chi connectivity index (χ4n) is 4.37. The number of anilines is 1. The number of benzene rings is 2. The van der Waals surface area contributed by atoms with Gasteiger partial charge < -0.3 is 15.0 Å². The van der Waals surface area contributed by atoms with Crippen molar-refractivity contribution >= 4 is 28.5 Å². The van der Waals surface area contributed by atoms with Crippen LogP contribution >= 0.6 is 0 Å². The maximum Gasteiger partial charge on any atom is 0.198 e. The Morgan fingerprint density at radius 1 is 1.14 bits per heavy atom. The van der Waals surface area contributed by atoms with E-state index in [2.05, 4.69) is 47.8 Å². The maximum atomic E-state index is 13.6. The van der Waals surface area contributed by atoms with Gasteiger partial charge in [0.25, 0.3) is 0 Å². The highest BCUT2D eigenvalue weighted by Crippen LogP contribution is 2.31. The number of hydrogen-bond acceptors (Lipinski definition) is 3. The third kappa shape index (κ3) is 3.61. The molecule has 2 unspecified atom stereocenters. The van der Waals surface area contributed by atoms with Crippen LogP contribution in [0, 0.1) is 24.6 Å². The van der Waals surface area contributed by atoms with E-state index in [1.54, 1.807) is 12.3 Å². The van der Waals surface area contributed by atoms with E-state index < -0.39 is 0 Å². The van der Waals surface area contributed by atoms with Gasteiger partial charge in [-0.3, -0.25) is 4.99 Å². The molecule has 146 valence electrons. The largest absolute Gasteiger partial charge is 0.494 e. The highest BCUT2D eigenvalue weighted by molar-refractivity contribution is 6.02. The number of nitrogens with zero attached hydrogens (tertiary/aromatic N) is 2. The van der Waals surface area contributed by atoms with Gasteiger partial charge in [-0.05, 0) is 67.1 Å². The molecule has 0 radical (unpaired) electrons. The third-order valence-electron chi connectivity index (χ3n) is 5.51. The smallest absolute Gasteiger partial charge is 0.198 e. The summed E-state index contributed by atoms with van der Waals surface area (Å²) in [6, 6.07) is 10.6. The van der Waals surface area contributed by atoms with Crippen molar-refractivity contribution < 1.29 is 9.50 Å². The predicted molar refractivity (Wildman–Crippen MR) is 114 cm³/mol. The lowest BCUT2D eigenvalue weighted by Crippen LogP contribution is -2.39. The van der Waals surface area contributed by atoms with Gasteiger partial charge in [0.2, 0.25) is 0 Å². The number of halogens is 1. The molecule has 0 aliphatic carbocycles. The Kier molecular flexibility index (Phi) is 4.84. The van der Waals surface area contributed by atoms with E-state index >= 15 is 0 Å². The van der Waals surface area contributed by atoms with Gasteiger partial charge in [-0.2, -0.15) is 0 Å². The third-order valence-corrected chi connectivity index (χ3v) is 5.51. The molecule has 1 fully saturated rings. The first-order chi connectivity index (χ1) is 13.4. The van der Waals surface area contributed by atoms with Crippen molar-refractivity contribution in [3.05, 3.63) is 53.3 Å². The molecule has 1 aliphatic rings. The minimum Gasteiger partial charge on any atom is -0.494 e. The van der Waals surface area contributed by atoms with Crippen LogP contribution in [0.4, 0.5) is 15.8 Å². The summed E-state index contributed by atoms with van der Waals surface area (Å²) in [5, 5.41) is 10.8. The van der Waals surface area contributed by atoms with E-state index in [-0.39, 0.29) is 11.7 Å². The summed E-state index contributed by atoms with van der Waals surface area (Å²) in [6.07, 6.45) is 2.87. The summed E-state index contributed by atoms with van der Waals surface area (Å²) in [5.74, 6) is 1.05. The first kappa shape index (κ1) is 18.5. The van der Waals surface area contributed by atoms with Crippen LogP contribution in [0.3, 0.4) is 0 Å². The van der Waals surface area contributed by atoms with Gasteiger partial charge in [-0.15, -0.1) is 0 Å². The standard InChI is InChI=1S/C23H26FN3O/c1-14-8-15(2)13-27(12-14)22-7-5-18(9-16(22)3)25-11-20-19-10-17(24)4-6-21(19)26-23(20)28/h4-7,9-11,14-15,26,28H,8,12-13H2,1-3H3. The number of aromatic amines is 1. The number of fused-ring (bicyclic) bond motifs is 1. The molecule has 5 heteroatoms. The molecule has 0 amide bonds. The molecule has 3 aromatic rings. The monoisotopic (exact) mass is 379 g/mol. The van der Waals surface area contributed by atoms with Crippen molar-refractivity contribution in [3.63, 3.8) is 0 Å². The quantitative estimate of drug-likeness (QED) is 0.586. The second-order valence-electron chi connectivity index (χ2n) is 8.16. The second-order valence-corrected chi connectivity index (χ2v) is 8.16. The number of aliphatic imine (C=N–C) groups is 1. The number of aryl methyl sites for hydroxylation is 1. The molecule has 28 heavy (non-hydrogen) atoms. The summed E-state index contributed by atoms with van der Waals surface area (Å²) in [7, 11) is 0. The Balaban J connectivity index is 1.60. The van der Waals surface area contributed by atoms with Crippen molar-refractivity contribution in [1.82, 2.24) is 4.98 Å². The van der Waals surface area contributed by atoms with Gasteiger partial charge in [0.15, 0.2) is 5.88 Å². The zero-order valence-corrected chi connectivity index (χ0v) is 16.5. The average molecular weight is 379 g/mol. The van der Waals surface area contributed by atoms with E-state index in [4.69, 9.17) is 0 Å². The van der Waals surface area contributed by atoms with Crippen molar-refractivity contribution in [2.45, 2.75) is 27.2 Å². The van der Waals surface area contributed by atoms with Gasteiger partial charge in [0.05, 0.1) is 11.3 Å². The van der Waals surface area contributed by atoms with E-state index in [9.17, 15) is 9.50 Å². The molecule has 0 spiro atoms. The molecular weight excluding hydrogens is 353 g/mol. The highest BCUT2D eigenvalue weighted by Gasteiger charge is 2.22. The molecule has 1 aliphatic heterocycles. The lowest BCUT2D eigenvalue weighted by Gasteiger charge is -2.37. The molecule has 4 rings (SSSR count). The van der Waals surface area contributed by atoms with Crippen LogP contribution in [0.25, 0.3) is 10.9 Å². The Morgan fingerprint density at radius 2 is 1.89 bits per heavy atom.